The number of ether oxygens (including phenoxy) is 1. The number of nitrogens with zero attached hydrogens (tertiary/aromatic N) is 2. The lowest BCUT2D eigenvalue weighted by molar-refractivity contribution is -0.384. The molecule has 0 radical (unpaired) electrons. The van der Waals surface area contributed by atoms with Gasteiger partial charge >= 0.3 is 5.97 Å². The van der Waals surface area contributed by atoms with Gasteiger partial charge in [0, 0.05) is 60.0 Å². The number of halogens is 2. The van der Waals surface area contributed by atoms with Gasteiger partial charge in [0.15, 0.2) is 11.6 Å². The number of carboxylic acid groups (broad SMARTS) is 1. The fourth-order valence-electron chi connectivity index (χ4n) is 5.78. The van der Waals surface area contributed by atoms with Crippen LogP contribution >= 0.6 is 31.9 Å². The molecule has 208 valence electrons. The standard InChI is InChI=1S/C29H26Br2N2O7/c30-19-13-17(14-20(31)29(19)40-15-16-7-9-18(10-8-16)33(38)39)26-27-21(3-1-5-23(27)34)32(12-11-25(36)37)22-4-2-6-24(35)28(22)26/h7-10,13-14,26H,1-6,11-12,15H2,(H,36,37). The van der Waals surface area contributed by atoms with Gasteiger partial charge in [0.2, 0.25) is 0 Å². The molecule has 0 atom stereocenters. The highest BCUT2D eigenvalue weighted by atomic mass is 79.9. The number of rotatable bonds is 8. The van der Waals surface area contributed by atoms with Crippen LogP contribution in [0.2, 0.25) is 0 Å². The van der Waals surface area contributed by atoms with Gasteiger partial charge in [-0.25, -0.2) is 0 Å². The number of hydrogen-bond acceptors (Lipinski definition) is 7. The number of non-ortho nitro benzene ring substituents is 1. The highest BCUT2D eigenvalue weighted by Gasteiger charge is 2.43. The predicted octanol–water partition coefficient (Wildman–Crippen LogP) is 6.59. The van der Waals surface area contributed by atoms with Crippen molar-refractivity contribution in [3.63, 3.8) is 0 Å². The summed E-state index contributed by atoms with van der Waals surface area (Å²) in [6.45, 7) is 0.404. The minimum Gasteiger partial charge on any atom is -0.487 e. The molecule has 3 aliphatic rings. The normalized spacial score (nSPS) is 17.6. The number of allylic oxidation sites excluding steroid dienone is 4. The molecule has 5 rings (SSSR count). The molecule has 1 N–H and O–H groups in total. The van der Waals surface area contributed by atoms with E-state index in [2.05, 4.69) is 31.9 Å². The molecule has 2 aromatic rings. The van der Waals surface area contributed by atoms with Crippen molar-refractivity contribution in [1.29, 1.82) is 0 Å². The van der Waals surface area contributed by atoms with Crippen LogP contribution in [0.1, 0.15) is 62.0 Å². The van der Waals surface area contributed by atoms with Gasteiger partial charge in [0.1, 0.15) is 12.4 Å². The highest BCUT2D eigenvalue weighted by molar-refractivity contribution is 9.11. The molecule has 0 saturated heterocycles. The molecular formula is C29H26Br2N2O7. The summed E-state index contributed by atoms with van der Waals surface area (Å²) in [5, 5.41) is 20.3. The molecule has 9 nitrogen and oxygen atoms in total. The van der Waals surface area contributed by atoms with Gasteiger partial charge in [-0.3, -0.25) is 24.5 Å². The van der Waals surface area contributed by atoms with E-state index in [-0.39, 0.29) is 36.8 Å². The maximum atomic E-state index is 13.4. The van der Waals surface area contributed by atoms with Crippen LogP contribution in [0.5, 0.6) is 5.75 Å². The summed E-state index contributed by atoms with van der Waals surface area (Å²) in [6.07, 6.45) is 3.37. The Morgan fingerprint density at radius 1 is 0.975 bits per heavy atom. The largest absolute Gasteiger partial charge is 0.487 e. The van der Waals surface area contributed by atoms with E-state index >= 15 is 0 Å². The molecule has 0 amide bonds. The first-order chi connectivity index (χ1) is 19.2. The van der Waals surface area contributed by atoms with E-state index in [1.54, 1.807) is 12.1 Å². The van der Waals surface area contributed by atoms with Crippen molar-refractivity contribution in [3.8, 4) is 5.75 Å². The van der Waals surface area contributed by atoms with E-state index in [9.17, 15) is 29.6 Å². The lowest BCUT2D eigenvalue weighted by Crippen LogP contribution is -2.39. The number of aliphatic carboxylic acids is 1. The second kappa shape index (κ2) is 11.7. The third-order valence-corrected chi connectivity index (χ3v) is 8.70. The quantitative estimate of drug-likeness (QED) is 0.246. The fourth-order valence-corrected chi connectivity index (χ4v) is 7.23. The van der Waals surface area contributed by atoms with Crippen molar-refractivity contribution in [3.05, 3.63) is 89.1 Å². The van der Waals surface area contributed by atoms with Gasteiger partial charge in [0.25, 0.3) is 5.69 Å². The summed E-state index contributed by atoms with van der Waals surface area (Å²) >= 11 is 7.21. The van der Waals surface area contributed by atoms with Crippen molar-refractivity contribution in [1.82, 2.24) is 4.90 Å². The molecule has 0 bridgehead atoms. The van der Waals surface area contributed by atoms with E-state index in [1.807, 2.05) is 17.0 Å². The molecular weight excluding hydrogens is 648 g/mol. The van der Waals surface area contributed by atoms with Crippen LogP contribution < -0.4 is 4.74 Å². The minimum atomic E-state index is -0.923. The zero-order valence-electron chi connectivity index (χ0n) is 21.5. The van der Waals surface area contributed by atoms with Crippen LogP contribution in [-0.2, 0) is 21.0 Å². The first-order valence-corrected chi connectivity index (χ1v) is 14.6. The molecule has 0 spiro atoms. The van der Waals surface area contributed by atoms with Gasteiger partial charge in [-0.05, 0) is 92.9 Å². The van der Waals surface area contributed by atoms with Crippen molar-refractivity contribution in [2.75, 3.05) is 6.54 Å². The average molecular weight is 674 g/mol. The van der Waals surface area contributed by atoms with Gasteiger partial charge in [-0.2, -0.15) is 0 Å². The second-order valence-corrected chi connectivity index (χ2v) is 11.7. The predicted molar refractivity (Wildman–Crippen MR) is 153 cm³/mol. The van der Waals surface area contributed by atoms with Crippen LogP contribution in [0.25, 0.3) is 0 Å². The van der Waals surface area contributed by atoms with E-state index in [0.717, 1.165) is 22.5 Å². The van der Waals surface area contributed by atoms with Gasteiger partial charge in [-0.1, -0.05) is 0 Å². The maximum absolute atomic E-state index is 13.4. The summed E-state index contributed by atoms with van der Waals surface area (Å²) in [5.74, 6) is -0.963. The third kappa shape index (κ3) is 5.49. The second-order valence-electron chi connectivity index (χ2n) is 10.0. The van der Waals surface area contributed by atoms with Crippen LogP contribution in [0.4, 0.5) is 5.69 Å². The Labute approximate surface area is 247 Å². The van der Waals surface area contributed by atoms with E-state index in [1.165, 1.54) is 12.1 Å². The summed E-state index contributed by atoms with van der Waals surface area (Å²) in [5.41, 5.74) is 4.37. The van der Waals surface area contributed by atoms with Crippen molar-refractivity contribution in [2.45, 2.75) is 57.5 Å². The zero-order valence-corrected chi connectivity index (χ0v) is 24.6. The summed E-state index contributed by atoms with van der Waals surface area (Å²) in [7, 11) is 0. The summed E-state index contributed by atoms with van der Waals surface area (Å²) in [4.78, 5) is 50.7. The number of carbonyl (C=O) groups is 3. The molecule has 1 aliphatic heterocycles. The number of nitro benzene ring substituents is 1. The monoisotopic (exact) mass is 672 g/mol. The number of hydrogen-bond donors (Lipinski definition) is 1. The fraction of sp³-hybridized carbons (Fsp3) is 0.345. The van der Waals surface area contributed by atoms with E-state index in [0.29, 0.717) is 64.4 Å². The van der Waals surface area contributed by atoms with E-state index < -0.39 is 16.8 Å². The Balaban J connectivity index is 1.52. The number of Topliss-reactive ketones (excluding diaryl/α,β-unsaturated/α-hetero) is 2. The Morgan fingerprint density at radius 3 is 2.02 bits per heavy atom. The Hall–Kier alpha value is -3.31. The summed E-state index contributed by atoms with van der Waals surface area (Å²) < 4.78 is 7.29. The van der Waals surface area contributed by atoms with Crippen molar-refractivity contribution < 1.29 is 29.2 Å². The lowest BCUT2D eigenvalue weighted by Gasteiger charge is -2.44. The highest BCUT2D eigenvalue weighted by Crippen LogP contribution is 2.50. The SMILES string of the molecule is O=C(O)CCN1C2=C(C(=O)CCC2)C(c2cc(Br)c(OCc3ccc([N+](=O)[O-])cc3)c(Br)c2)C2=C1CCCC2=O. The molecule has 0 aromatic heterocycles. The summed E-state index contributed by atoms with van der Waals surface area (Å²) in [6, 6.07) is 9.86. The lowest BCUT2D eigenvalue weighted by atomic mass is 9.71. The van der Waals surface area contributed by atoms with Crippen LogP contribution in [0.3, 0.4) is 0 Å². The van der Waals surface area contributed by atoms with Gasteiger partial charge in [0.05, 0.1) is 20.3 Å². The number of benzene rings is 2. The average Bonchev–Trinajstić information content (AvgIpc) is 2.91. The topological polar surface area (TPSA) is 127 Å². The molecule has 1 heterocycles. The maximum Gasteiger partial charge on any atom is 0.305 e. The Bertz CT molecular complexity index is 1410. The molecule has 40 heavy (non-hydrogen) atoms. The van der Waals surface area contributed by atoms with E-state index in [4.69, 9.17) is 4.74 Å². The Morgan fingerprint density at radius 2 is 1.52 bits per heavy atom. The number of carboxylic acids is 1. The molecule has 2 aliphatic carbocycles. The number of carbonyl (C=O) groups excluding carboxylic acids is 2. The minimum absolute atomic E-state index is 0.00124. The van der Waals surface area contributed by atoms with Crippen LogP contribution in [0.15, 0.2) is 67.9 Å². The molecule has 11 heteroatoms. The number of ketones is 2. The third-order valence-electron chi connectivity index (χ3n) is 7.52. The van der Waals surface area contributed by atoms with Crippen LogP contribution in [0, 0.1) is 10.1 Å². The molecule has 0 fully saturated rings. The first kappa shape index (κ1) is 28.2. The first-order valence-electron chi connectivity index (χ1n) is 13.0. The Kier molecular flexibility index (Phi) is 8.23. The smallest absolute Gasteiger partial charge is 0.305 e. The van der Waals surface area contributed by atoms with Crippen LogP contribution in [-0.4, -0.2) is 39.0 Å². The van der Waals surface area contributed by atoms with Crippen molar-refractivity contribution in [2.24, 2.45) is 0 Å². The van der Waals surface area contributed by atoms with Crippen molar-refractivity contribution >= 4 is 55.1 Å². The molecule has 0 saturated carbocycles. The molecule has 2 aromatic carbocycles. The molecule has 0 unspecified atom stereocenters. The zero-order chi connectivity index (χ0) is 28.6. The van der Waals surface area contributed by atoms with Gasteiger partial charge < -0.3 is 14.7 Å². The van der Waals surface area contributed by atoms with Gasteiger partial charge in [-0.15, -0.1) is 0 Å². The number of nitro groups is 1.